The Morgan fingerprint density at radius 3 is 2.50 bits per heavy atom. The summed E-state index contributed by atoms with van der Waals surface area (Å²) < 4.78 is 0. The van der Waals surface area contributed by atoms with Gasteiger partial charge in [0.15, 0.2) is 0 Å². The van der Waals surface area contributed by atoms with Crippen molar-refractivity contribution in [2.45, 2.75) is 50.6 Å². The molecular formula is C13H26N2S. The molecule has 2 aliphatic rings. The highest BCUT2D eigenvalue weighted by molar-refractivity contribution is 7.99. The minimum atomic E-state index is 0.758. The molecule has 0 amide bonds. The topological polar surface area (TPSA) is 29.3 Å². The fourth-order valence-corrected chi connectivity index (χ4v) is 4.44. The summed E-state index contributed by atoms with van der Waals surface area (Å²) in [6, 6.07) is 1.60. The first kappa shape index (κ1) is 12.7. The van der Waals surface area contributed by atoms with E-state index in [4.69, 9.17) is 5.73 Å². The Balaban J connectivity index is 1.92. The number of rotatable bonds is 3. The molecule has 0 bridgehead atoms. The van der Waals surface area contributed by atoms with E-state index in [2.05, 4.69) is 23.7 Å². The summed E-state index contributed by atoms with van der Waals surface area (Å²) in [5.74, 6) is 3.47. The molecule has 94 valence electrons. The van der Waals surface area contributed by atoms with E-state index in [-0.39, 0.29) is 0 Å². The molecule has 2 fully saturated rings. The average molecular weight is 242 g/mol. The van der Waals surface area contributed by atoms with Crippen molar-refractivity contribution in [1.29, 1.82) is 0 Å². The third kappa shape index (κ3) is 2.93. The van der Waals surface area contributed by atoms with E-state index in [9.17, 15) is 0 Å². The first-order valence-electron chi connectivity index (χ1n) is 6.82. The molecule has 1 heterocycles. The molecule has 2 N–H and O–H groups in total. The van der Waals surface area contributed by atoms with Crippen LogP contribution in [0.5, 0.6) is 0 Å². The van der Waals surface area contributed by atoms with Gasteiger partial charge < -0.3 is 10.6 Å². The van der Waals surface area contributed by atoms with Gasteiger partial charge in [0.25, 0.3) is 0 Å². The third-order valence-corrected chi connectivity index (χ3v) is 5.51. The van der Waals surface area contributed by atoms with Crippen LogP contribution in [0.2, 0.25) is 0 Å². The van der Waals surface area contributed by atoms with Gasteiger partial charge in [-0.1, -0.05) is 12.8 Å². The van der Waals surface area contributed by atoms with Crippen LogP contribution in [-0.4, -0.2) is 42.1 Å². The van der Waals surface area contributed by atoms with Crippen molar-refractivity contribution in [1.82, 2.24) is 4.90 Å². The molecular weight excluding hydrogens is 216 g/mol. The summed E-state index contributed by atoms with van der Waals surface area (Å²) in [7, 11) is 2.35. The summed E-state index contributed by atoms with van der Waals surface area (Å²) in [6.45, 7) is 0.885. The van der Waals surface area contributed by atoms with Gasteiger partial charge in [-0.05, 0) is 56.7 Å². The first-order chi connectivity index (χ1) is 7.83. The SMILES string of the molecule is CN(C1CCSCC1)C1CCCCC1CN. The van der Waals surface area contributed by atoms with Crippen molar-refractivity contribution >= 4 is 11.8 Å². The maximum Gasteiger partial charge on any atom is 0.0135 e. The van der Waals surface area contributed by atoms with E-state index in [1.165, 1.54) is 50.0 Å². The van der Waals surface area contributed by atoms with E-state index in [1.807, 2.05) is 0 Å². The second-order valence-electron chi connectivity index (χ2n) is 5.36. The molecule has 2 nitrogen and oxygen atoms in total. The molecule has 0 aromatic rings. The number of nitrogens with two attached hydrogens (primary N) is 1. The number of nitrogens with zero attached hydrogens (tertiary/aromatic N) is 1. The van der Waals surface area contributed by atoms with Crippen molar-refractivity contribution in [3.05, 3.63) is 0 Å². The van der Waals surface area contributed by atoms with Gasteiger partial charge in [-0.2, -0.15) is 11.8 Å². The molecule has 1 saturated carbocycles. The van der Waals surface area contributed by atoms with Gasteiger partial charge in [0.05, 0.1) is 0 Å². The van der Waals surface area contributed by atoms with Crippen LogP contribution < -0.4 is 5.73 Å². The summed E-state index contributed by atoms with van der Waals surface area (Å²) in [4.78, 5) is 2.68. The predicted octanol–water partition coefficient (Wildman–Crippen LogP) is 2.33. The Morgan fingerprint density at radius 1 is 1.12 bits per heavy atom. The minimum Gasteiger partial charge on any atom is -0.330 e. The molecule has 0 radical (unpaired) electrons. The molecule has 2 atom stereocenters. The van der Waals surface area contributed by atoms with Gasteiger partial charge in [-0.3, -0.25) is 0 Å². The molecule has 16 heavy (non-hydrogen) atoms. The summed E-state index contributed by atoms with van der Waals surface area (Å²) in [6.07, 6.45) is 8.30. The molecule has 3 heteroatoms. The molecule has 2 rings (SSSR count). The lowest BCUT2D eigenvalue weighted by molar-refractivity contribution is 0.0876. The van der Waals surface area contributed by atoms with Crippen molar-refractivity contribution in [2.24, 2.45) is 11.7 Å². The number of thioether (sulfide) groups is 1. The fourth-order valence-electron chi connectivity index (χ4n) is 3.36. The van der Waals surface area contributed by atoms with Gasteiger partial charge in [-0.25, -0.2) is 0 Å². The number of hydrogen-bond acceptors (Lipinski definition) is 3. The van der Waals surface area contributed by atoms with Crippen molar-refractivity contribution in [2.75, 3.05) is 25.1 Å². The van der Waals surface area contributed by atoms with E-state index in [0.717, 1.165) is 24.5 Å². The van der Waals surface area contributed by atoms with E-state index < -0.39 is 0 Å². The zero-order chi connectivity index (χ0) is 11.4. The van der Waals surface area contributed by atoms with Gasteiger partial charge in [0, 0.05) is 12.1 Å². The van der Waals surface area contributed by atoms with E-state index in [1.54, 1.807) is 0 Å². The van der Waals surface area contributed by atoms with E-state index >= 15 is 0 Å². The molecule has 1 aliphatic heterocycles. The lowest BCUT2D eigenvalue weighted by Gasteiger charge is -2.42. The van der Waals surface area contributed by atoms with Gasteiger partial charge >= 0.3 is 0 Å². The monoisotopic (exact) mass is 242 g/mol. The molecule has 0 aromatic carbocycles. The highest BCUT2D eigenvalue weighted by Gasteiger charge is 2.31. The molecule has 0 spiro atoms. The quantitative estimate of drug-likeness (QED) is 0.823. The Morgan fingerprint density at radius 2 is 1.81 bits per heavy atom. The Labute approximate surface area is 104 Å². The summed E-state index contributed by atoms with van der Waals surface area (Å²) >= 11 is 2.12. The summed E-state index contributed by atoms with van der Waals surface area (Å²) in [5.41, 5.74) is 5.93. The standard InChI is InChI=1S/C13H26N2S/c1-15(12-6-8-16-9-7-12)13-5-3-2-4-11(13)10-14/h11-13H,2-10,14H2,1H3. The van der Waals surface area contributed by atoms with Crippen molar-refractivity contribution < 1.29 is 0 Å². The lowest BCUT2D eigenvalue weighted by atomic mass is 9.83. The molecule has 0 aromatic heterocycles. The molecule has 1 aliphatic carbocycles. The van der Waals surface area contributed by atoms with Crippen molar-refractivity contribution in [3.8, 4) is 0 Å². The average Bonchev–Trinajstić information content (AvgIpc) is 2.39. The number of hydrogen-bond donors (Lipinski definition) is 1. The molecule has 2 unspecified atom stereocenters. The summed E-state index contributed by atoms with van der Waals surface area (Å²) in [5, 5.41) is 0. The van der Waals surface area contributed by atoms with Crippen LogP contribution in [0, 0.1) is 5.92 Å². The second-order valence-corrected chi connectivity index (χ2v) is 6.58. The highest BCUT2D eigenvalue weighted by atomic mass is 32.2. The zero-order valence-corrected chi connectivity index (χ0v) is 11.3. The third-order valence-electron chi connectivity index (χ3n) is 4.46. The maximum atomic E-state index is 5.93. The minimum absolute atomic E-state index is 0.758. The second kappa shape index (κ2) is 6.27. The zero-order valence-electron chi connectivity index (χ0n) is 10.5. The van der Waals surface area contributed by atoms with Gasteiger partial charge in [0.2, 0.25) is 0 Å². The van der Waals surface area contributed by atoms with Gasteiger partial charge in [0.1, 0.15) is 0 Å². The van der Waals surface area contributed by atoms with Crippen molar-refractivity contribution in [3.63, 3.8) is 0 Å². The highest BCUT2D eigenvalue weighted by Crippen LogP contribution is 2.31. The van der Waals surface area contributed by atoms with Crippen LogP contribution in [0.4, 0.5) is 0 Å². The lowest BCUT2D eigenvalue weighted by Crippen LogP contribution is -2.48. The normalized spacial score (nSPS) is 33.2. The maximum absolute atomic E-state index is 5.93. The Kier molecular flexibility index (Phi) is 4.98. The fraction of sp³-hybridized carbons (Fsp3) is 1.00. The predicted molar refractivity (Wildman–Crippen MR) is 72.9 cm³/mol. The van der Waals surface area contributed by atoms with Crippen LogP contribution in [0.15, 0.2) is 0 Å². The first-order valence-corrected chi connectivity index (χ1v) is 7.98. The molecule has 1 saturated heterocycles. The van der Waals surface area contributed by atoms with Crippen LogP contribution in [0.1, 0.15) is 38.5 Å². The Bertz CT molecular complexity index is 204. The van der Waals surface area contributed by atoms with Crippen LogP contribution in [-0.2, 0) is 0 Å². The van der Waals surface area contributed by atoms with Gasteiger partial charge in [-0.15, -0.1) is 0 Å². The van der Waals surface area contributed by atoms with Crippen LogP contribution in [0.3, 0.4) is 0 Å². The smallest absolute Gasteiger partial charge is 0.0135 e. The van der Waals surface area contributed by atoms with E-state index in [0.29, 0.717) is 0 Å². The Hall–Kier alpha value is 0.270. The largest absolute Gasteiger partial charge is 0.330 e. The van der Waals surface area contributed by atoms with Crippen LogP contribution in [0.25, 0.3) is 0 Å². The van der Waals surface area contributed by atoms with Crippen LogP contribution >= 0.6 is 11.8 Å².